The average molecular weight is 292 g/mol. The summed E-state index contributed by atoms with van der Waals surface area (Å²) in [4.78, 5) is 16.6. The minimum Gasteiger partial charge on any atom is -0.299 e. The lowest BCUT2D eigenvalue weighted by Gasteiger charge is -2.62. The molecule has 3 fully saturated rings. The standard InChI is InChI=1S/C18H32N2O/c1-4-17(21)11-19-7-5-16(6-8-19)20-12-18(13-20)9-15(10-18)14(2)3/h14-16H,4-13H2,1-3H3. The number of ketones is 1. The van der Waals surface area contributed by atoms with Gasteiger partial charge in [-0.2, -0.15) is 0 Å². The fourth-order valence-electron chi connectivity index (χ4n) is 4.66. The zero-order chi connectivity index (χ0) is 15.0. The molecule has 21 heavy (non-hydrogen) atoms. The first-order valence-corrected chi connectivity index (χ1v) is 8.99. The smallest absolute Gasteiger partial charge is 0.146 e. The Kier molecular flexibility index (Phi) is 4.42. The lowest BCUT2D eigenvalue weighted by molar-refractivity contribution is -0.131. The van der Waals surface area contributed by atoms with Crippen molar-refractivity contribution in [3.05, 3.63) is 0 Å². The summed E-state index contributed by atoms with van der Waals surface area (Å²) in [6.07, 6.45) is 6.17. The van der Waals surface area contributed by atoms with E-state index in [1.807, 2.05) is 6.92 Å². The number of hydrogen-bond acceptors (Lipinski definition) is 3. The van der Waals surface area contributed by atoms with E-state index in [0.717, 1.165) is 31.0 Å². The van der Waals surface area contributed by atoms with E-state index in [2.05, 4.69) is 23.6 Å². The molecule has 0 unspecified atom stereocenters. The Morgan fingerprint density at radius 3 is 2.33 bits per heavy atom. The molecule has 0 aromatic heterocycles. The van der Waals surface area contributed by atoms with Gasteiger partial charge in [0.2, 0.25) is 0 Å². The van der Waals surface area contributed by atoms with Crippen LogP contribution in [0.4, 0.5) is 0 Å². The Hall–Kier alpha value is -0.410. The van der Waals surface area contributed by atoms with Crippen LogP contribution in [0.5, 0.6) is 0 Å². The number of nitrogens with zero attached hydrogens (tertiary/aromatic N) is 2. The highest BCUT2D eigenvalue weighted by Gasteiger charge is 2.53. The highest BCUT2D eigenvalue weighted by atomic mass is 16.1. The van der Waals surface area contributed by atoms with Crippen LogP contribution < -0.4 is 0 Å². The van der Waals surface area contributed by atoms with E-state index in [4.69, 9.17) is 0 Å². The molecule has 0 aromatic carbocycles. The van der Waals surface area contributed by atoms with Gasteiger partial charge < -0.3 is 0 Å². The van der Waals surface area contributed by atoms with Crippen molar-refractivity contribution in [3.8, 4) is 0 Å². The van der Waals surface area contributed by atoms with Gasteiger partial charge in [0.25, 0.3) is 0 Å². The van der Waals surface area contributed by atoms with Crippen molar-refractivity contribution in [1.29, 1.82) is 0 Å². The lowest BCUT2D eigenvalue weighted by atomic mass is 9.55. The van der Waals surface area contributed by atoms with Gasteiger partial charge in [-0.1, -0.05) is 20.8 Å². The van der Waals surface area contributed by atoms with Crippen LogP contribution in [0, 0.1) is 17.3 Å². The Labute approximate surface area is 130 Å². The van der Waals surface area contributed by atoms with Crippen molar-refractivity contribution in [2.75, 3.05) is 32.7 Å². The Balaban J connectivity index is 1.37. The van der Waals surface area contributed by atoms with E-state index < -0.39 is 0 Å². The topological polar surface area (TPSA) is 23.6 Å². The lowest BCUT2D eigenvalue weighted by Crippen LogP contribution is -2.66. The third-order valence-electron chi connectivity index (χ3n) is 6.28. The fourth-order valence-corrected chi connectivity index (χ4v) is 4.66. The number of piperidine rings is 1. The van der Waals surface area contributed by atoms with Crippen LogP contribution in [-0.4, -0.2) is 54.3 Å². The maximum Gasteiger partial charge on any atom is 0.146 e. The molecule has 2 saturated heterocycles. The first-order valence-electron chi connectivity index (χ1n) is 8.99. The van der Waals surface area contributed by atoms with Gasteiger partial charge in [0, 0.05) is 38.6 Å². The van der Waals surface area contributed by atoms with Gasteiger partial charge in [-0.05, 0) is 42.9 Å². The quantitative estimate of drug-likeness (QED) is 0.778. The van der Waals surface area contributed by atoms with E-state index in [0.29, 0.717) is 24.2 Å². The van der Waals surface area contributed by atoms with Gasteiger partial charge in [0.05, 0.1) is 6.54 Å². The van der Waals surface area contributed by atoms with E-state index in [-0.39, 0.29) is 0 Å². The van der Waals surface area contributed by atoms with E-state index in [1.54, 1.807) is 0 Å². The summed E-state index contributed by atoms with van der Waals surface area (Å²) in [5.74, 6) is 2.27. The van der Waals surface area contributed by atoms with Crippen LogP contribution in [0.25, 0.3) is 0 Å². The third-order valence-corrected chi connectivity index (χ3v) is 6.28. The second-order valence-corrected chi connectivity index (χ2v) is 8.22. The highest BCUT2D eigenvalue weighted by Crippen LogP contribution is 2.55. The molecule has 2 heterocycles. The molecular weight excluding hydrogens is 260 g/mol. The zero-order valence-corrected chi connectivity index (χ0v) is 14.1. The molecule has 3 heteroatoms. The van der Waals surface area contributed by atoms with Crippen molar-refractivity contribution in [2.45, 2.75) is 58.9 Å². The summed E-state index contributed by atoms with van der Waals surface area (Å²) in [5, 5.41) is 0. The predicted octanol–water partition coefficient (Wildman–Crippen LogP) is 2.80. The van der Waals surface area contributed by atoms with Crippen molar-refractivity contribution >= 4 is 5.78 Å². The molecule has 3 aliphatic rings. The molecule has 120 valence electrons. The highest BCUT2D eigenvalue weighted by molar-refractivity contribution is 5.80. The third kappa shape index (κ3) is 3.19. The average Bonchev–Trinajstić information content (AvgIpc) is 2.36. The van der Waals surface area contributed by atoms with Gasteiger partial charge in [-0.25, -0.2) is 0 Å². The zero-order valence-electron chi connectivity index (χ0n) is 14.1. The molecule has 1 spiro atoms. The first-order chi connectivity index (χ1) is 10.0. The Morgan fingerprint density at radius 2 is 1.81 bits per heavy atom. The molecule has 3 nitrogen and oxygen atoms in total. The van der Waals surface area contributed by atoms with Gasteiger partial charge >= 0.3 is 0 Å². The van der Waals surface area contributed by atoms with E-state index in [9.17, 15) is 4.79 Å². The van der Waals surface area contributed by atoms with Crippen LogP contribution in [0.2, 0.25) is 0 Å². The maximum atomic E-state index is 11.5. The Morgan fingerprint density at radius 1 is 1.19 bits per heavy atom. The van der Waals surface area contributed by atoms with Gasteiger partial charge in [0.15, 0.2) is 0 Å². The van der Waals surface area contributed by atoms with Crippen LogP contribution in [-0.2, 0) is 4.79 Å². The molecular formula is C18H32N2O. The predicted molar refractivity (Wildman–Crippen MR) is 86.3 cm³/mol. The molecule has 0 amide bonds. The summed E-state index contributed by atoms with van der Waals surface area (Å²) >= 11 is 0. The van der Waals surface area contributed by atoms with Crippen molar-refractivity contribution < 1.29 is 4.79 Å². The second kappa shape index (κ2) is 6.00. The Bertz CT molecular complexity index is 371. The van der Waals surface area contributed by atoms with Gasteiger partial charge in [-0.15, -0.1) is 0 Å². The van der Waals surface area contributed by atoms with Crippen LogP contribution in [0.1, 0.15) is 52.9 Å². The van der Waals surface area contributed by atoms with Crippen LogP contribution in [0.3, 0.4) is 0 Å². The number of likely N-dealkylation sites (tertiary alicyclic amines) is 2. The van der Waals surface area contributed by atoms with Gasteiger partial charge in [-0.3, -0.25) is 14.6 Å². The number of rotatable bonds is 5. The minimum absolute atomic E-state index is 0.394. The number of hydrogen-bond donors (Lipinski definition) is 0. The largest absolute Gasteiger partial charge is 0.299 e. The number of carbonyl (C=O) groups is 1. The monoisotopic (exact) mass is 292 g/mol. The minimum atomic E-state index is 0.394. The van der Waals surface area contributed by atoms with Crippen LogP contribution >= 0.6 is 0 Å². The summed E-state index contributed by atoms with van der Waals surface area (Å²) in [6.45, 7) is 12.4. The summed E-state index contributed by atoms with van der Waals surface area (Å²) < 4.78 is 0. The van der Waals surface area contributed by atoms with Crippen molar-refractivity contribution in [3.63, 3.8) is 0 Å². The molecule has 0 N–H and O–H groups in total. The molecule has 0 radical (unpaired) electrons. The maximum absolute atomic E-state index is 11.5. The molecule has 0 atom stereocenters. The van der Waals surface area contributed by atoms with E-state index in [1.165, 1.54) is 38.8 Å². The summed E-state index contributed by atoms with van der Waals surface area (Å²) in [7, 11) is 0. The van der Waals surface area contributed by atoms with Crippen molar-refractivity contribution in [2.24, 2.45) is 17.3 Å². The molecule has 2 aliphatic heterocycles. The SMILES string of the molecule is CCC(=O)CN1CCC(N2CC3(CC(C(C)C)C3)C2)CC1. The first kappa shape index (κ1) is 15.5. The molecule has 3 rings (SSSR count). The molecule has 0 bridgehead atoms. The number of carbonyl (C=O) groups excluding carboxylic acids is 1. The second-order valence-electron chi connectivity index (χ2n) is 8.22. The molecule has 0 aromatic rings. The van der Waals surface area contributed by atoms with Gasteiger partial charge in [0.1, 0.15) is 5.78 Å². The van der Waals surface area contributed by atoms with Crippen molar-refractivity contribution in [1.82, 2.24) is 9.80 Å². The fraction of sp³-hybridized carbons (Fsp3) is 0.944. The molecule has 1 saturated carbocycles. The number of Topliss-reactive ketones (excluding diaryl/α,β-unsaturated/α-hetero) is 1. The van der Waals surface area contributed by atoms with Crippen LogP contribution in [0.15, 0.2) is 0 Å². The summed E-state index contributed by atoms with van der Waals surface area (Å²) in [5.41, 5.74) is 0.713. The van der Waals surface area contributed by atoms with E-state index >= 15 is 0 Å². The normalized spacial score (nSPS) is 27.8. The summed E-state index contributed by atoms with van der Waals surface area (Å²) in [6, 6.07) is 0.793. The molecule has 1 aliphatic carbocycles.